The first-order chi connectivity index (χ1) is 8.83. The molecule has 0 bridgehead atoms. The molecule has 5 nitrogen and oxygen atoms in total. The van der Waals surface area contributed by atoms with Gasteiger partial charge in [0.15, 0.2) is 5.65 Å². The number of piperidine rings is 1. The van der Waals surface area contributed by atoms with Gasteiger partial charge in [-0.05, 0) is 59.9 Å². The van der Waals surface area contributed by atoms with Gasteiger partial charge in [0.1, 0.15) is 0 Å². The predicted octanol–water partition coefficient (Wildman–Crippen LogP) is 1.90. The van der Waals surface area contributed by atoms with E-state index in [-0.39, 0.29) is 0 Å². The second-order valence-corrected chi connectivity index (χ2v) is 5.49. The largest absolute Gasteiger partial charge is 0.353 e. The molecule has 0 saturated carbocycles. The van der Waals surface area contributed by atoms with Crippen molar-refractivity contribution in [1.29, 1.82) is 0 Å². The Kier molecular flexibility index (Phi) is 3.47. The van der Waals surface area contributed by atoms with Crippen LogP contribution in [0.3, 0.4) is 0 Å². The van der Waals surface area contributed by atoms with Gasteiger partial charge < -0.3 is 10.6 Å². The lowest BCUT2D eigenvalue weighted by atomic mass is 9.98. The Morgan fingerprint density at radius 3 is 3.06 bits per heavy atom. The van der Waals surface area contributed by atoms with Gasteiger partial charge >= 0.3 is 0 Å². The fourth-order valence-electron chi connectivity index (χ4n) is 2.27. The van der Waals surface area contributed by atoms with E-state index >= 15 is 0 Å². The Morgan fingerprint density at radius 2 is 2.28 bits per heavy atom. The van der Waals surface area contributed by atoms with Crippen LogP contribution in [0.15, 0.2) is 22.8 Å². The second-order valence-electron chi connectivity index (χ2n) is 4.63. The Labute approximate surface area is 114 Å². The average Bonchev–Trinajstić information content (AvgIpc) is 2.82. The maximum absolute atomic E-state index is 4.47. The zero-order chi connectivity index (χ0) is 12.4. The molecule has 0 aromatic carbocycles. The third-order valence-corrected chi connectivity index (χ3v) is 3.94. The molecule has 1 aliphatic rings. The van der Waals surface area contributed by atoms with Crippen molar-refractivity contribution in [3.63, 3.8) is 0 Å². The normalized spacial score (nSPS) is 17.2. The molecule has 0 unspecified atom stereocenters. The molecule has 0 spiro atoms. The number of rotatable bonds is 3. The number of halogens is 1. The van der Waals surface area contributed by atoms with E-state index in [1.807, 2.05) is 18.3 Å². The minimum absolute atomic E-state index is 0.709. The first-order valence-corrected chi connectivity index (χ1v) is 7.08. The standard InChI is InChI=1S/C12H16BrN5/c13-10-2-1-7-18-11(10)16-12(17-18)15-8-9-3-5-14-6-4-9/h1-2,7,9,14H,3-6,8H2,(H,15,17). The van der Waals surface area contributed by atoms with E-state index in [1.54, 1.807) is 4.52 Å². The molecule has 1 saturated heterocycles. The highest BCUT2D eigenvalue weighted by molar-refractivity contribution is 9.10. The number of aromatic nitrogens is 3. The fraction of sp³-hybridized carbons (Fsp3) is 0.500. The summed E-state index contributed by atoms with van der Waals surface area (Å²) in [5.41, 5.74) is 0.852. The van der Waals surface area contributed by atoms with Gasteiger partial charge in [0.05, 0.1) is 4.47 Å². The number of anilines is 1. The molecule has 2 N–H and O–H groups in total. The van der Waals surface area contributed by atoms with Gasteiger partial charge in [-0.1, -0.05) is 0 Å². The van der Waals surface area contributed by atoms with Crippen LogP contribution in [-0.2, 0) is 0 Å². The first-order valence-electron chi connectivity index (χ1n) is 6.28. The van der Waals surface area contributed by atoms with Gasteiger partial charge in [-0.15, -0.1) is 5.10 Å². The summed E-state index contributed by atoms with van der Waals surface area (Å²) in [6.07, 6.45) is 4.36. The third-order valence-electron chi connectivity index (χ3n) is 3.32. The Bertz CT molecular complexity index is 532. The molecular formula is C12H16BrN5. The minimum Gasteiger partial charge on any atom is -0.353 e. The van der Waals surface area contributed by atoms with Crippen molar-refractivity contribution in [2.45, 2.75) is 12.8 Å². The molecule has 0 radical (unpaired) electrons. The predicted molar refractivity (Wildman–Crippen MR) is 74.8 cm³/mol. The Hall–Kier alpha value is -1.14. The van der Waals surface area contributed by atoms with Gasteiger partial charge in [0.25, 0.3) is 0 Å². The molecule has 0 amide bonds. The first kappa shape index (κ1) is 11.9. The van der Waals surface area contributed by atoms with E-state index in [0.717, 1.165) is 35.7 Å². The van der Waals surface area contributed by atoms with Gasteiger partial charge in [-0.25, -0.2) is 4.52 Å². The van der Waals surface area contributed by atoms with Crippen LogP contribution in [0.5, 0.6) is 0 Å². The molecule has 0 aliphatic carbocycles. The quantitative estimate of drug-likeness (QED) is 0.909. The summed E-state index contributed by atoms with van der Waals surface area (Å²) in [5.74, 6) is 1.43. The minimum atomic E-state index is 0.709. The van der Waals surface area contributed by atoms with Crippen molar-refractivity contribution < 1.29 is 0 Å². The van der Waals surface area contributed by atoms with Crippen molar-refractivity contribution in [3.05, 3.63) is 22.8 Å². The summed E-state index contributed by atoms with van der Waals surface area (Å²) in [4.78, 5) is 4.47. The highest BCUT2D eigenvalue weighted by Gasteiger charge is 2.13. The highest BCUT2D eigenvalue weighted by atomic mass is 79.9. The SMILES string of the molecule is Brc1cccn2nc(NCC3CCNCC3)nc12. The number of hydrogen-bond acceptors (Lipinski definition) is 4. The van der Waals surface area contributed by atoms with Crippen LogP contribution in [-0.4, -0.2) is 34.2 Å². The zero-order valence-electron chi connectivity index (χ0n) is 10.1. The van der Waals surface area contributed by atoms with E-state index in [0.29, 0.717) is 5.95 Å². The fourth-order valence-corrected chi connectivity index (χ4v) is 2.69. The number of hydrogen-bond donors (Lipinski definition) is 2. The molecule has 1 fully saturated rings. The summed E-state index contributed by atoms with van der Waals surface area (Å²) in [7, 11) is 0. The molecule has 2 aromatic rings. The lowest BCUT2D eigenvalue weighted by molar-refractivity contribution is 0.389. The monoisotopic (exact) mass is 309 g/mol. The van der Waals surface area contributed by atoms with Crippen molar-refractivity contribution in [1.82, 2.24) is 19.9 Å². The zero-order valence-corrected chi connectivity index (χ0v) is 11.7. The molecule has 96 valence electrons. The van der Waals surface area contributed by atoms with Crippen LogP contribution >= 0.6 is 15.9 Å². The number of nitrogens with zero attached hydrogens (tertiary/aromatic N) is 3. The number of nitrogens with one attached hydrogen (secondary N) is 2. The van der Waals surface area contributed by atoms with Gasteiger partial charge in [-0.3, -0.25) is 0 Å². The molecule has 6 heteroatoms. The summed E-state index contributed by atoms with van der Waals surface area (Å²) in [6.45, 7) is 3.20. The second kappa shape index (κ2) is 5.24. The molecular weight excluding hydrogens is 294 g/mol. The van der Waals surface area contributed by atoms with E-state index in [4.69, 9.17) is 0 Å². The third kappa shape index (κ3) is 2.49. The van der Waals surface area contributed by atoms with Crippen molar-refractivity contribution in [2.75, 3.05) is 25.0 Å². The van der Waals surface area contributed by atoms with Crippen molar-refractivity contribution in [3.8, 4) is 0 Å². The van der Waals surface area contributed by atoms with Crippen LogP contribution < -0.4 is 10.6 Å². The van der Waals surface area contributed by atoms with Crippen LogP contribution in [0.1, 0.15) is 12.8 Å². The molecule has 0 atom stereocenters. The molecule has 2 aromatic heterocycles. The number of fused-ring (bicyclic) bond motifs is 1. The summed E-state index contributed by atoms with van der Waals surface area (Å²) < 4.78 is 2.75. The van der Waals surface area contributed by atoms with Crippen LogP contribution in [0, 0.1) is 5.92 Å². The maximum atomic E-state index is 4.47. The van der Waals surface area contributed by atoms with Gasteiger partial charge in [0, 0.05) is 12.7 Å². The van der Waals surface area contributed by atoms with Crippen LogP contribution in [0.2, 0.25) is 0 Å². The van der Waals surface area contributed by atoms with Crippen molar-refractivity contribution in [2.24, 2.45) is 5.92 Å². The molecule has 18 heavy (non-hydrogen) atoms. The molecule has 3 heterocycles. The molecule has 3 rings (SSSR count). The van der Waals surface area contributed by atoms with E-state index in [1.165, 1.54) is 12.8 Å². The Morgan fingerprint density at radius 1 is 1.44 bits per heavy atom. The maximum Gasteiger partial charge on any atom is 0.243 e. The van der Waals surface area contributed by atoms with Crippen LogP contribution in [0.4, 0.5) is 5.95 Å². The Balaban J connectivity index is 1.69. The number of pyridine rings is 1. The summed E-state index contributed by atoms with van der Waals surface area (Å²) >= 11 is 3.48. The van der Waals surface area contributed by atoms with Crippen molar-refractivity contribution >= 4 is 27.5 Å². The van der Waals surface area contributed by atoms with E-state index < -0.39 is 0 Å². The van der Waals surface area contributed by atoms with Crippen LogP contribution in [0.25, 0.3) is 5.65 Å². The lowest BCUT2D eigenvalue weighted by Crippen LogP contribution is -2.31. The average molecular weight is 310 g/mol. The van der Waals surface area contributed by atoms with E-state index in [2.05, 4.69) is 36.6 Å². The molecule has 1 aliphatic heterocycles. The summed E-state index contributed by atoms with van der Waals surface area (Å²) in [5, 5.41) is 11.1. The highest BCUT2D eigenvalue weighted by Crippen LogP contribution is 2.17. The van der Waals surface area contributed by atoms with Gasteiger partial charge in [0.2, 0.25) is 5.95 Å². The van der Waals surface area contributed by atoms with E-state index in [9.17, 15) is 0 Å². The summed E-state index contributed by atoms with van der Waals surface area (Å²) in [6, 6.07) is 3.92. The topological polar surface area (TPSA) is 54.2 Å². The smallest absolute Gasteiger partial charge is 0.243 e. The van der Waals surface area contributed by atoms with Gasteiger partial charge in [-0.2, -0.15) is 4.98 Å². The lowest BCUT2D eigenvalue weighted by Gasteiger charge is -2.22.